The summed E-state index contributed by atoms with van der Waals surface area (Å²) < 4.78 is 0.726. The van der Waals surface area contributed by atoms with Crippen molar-refractivity contribution in [3.8, 4) is 6.07 Å². The fraction of sp³-hybridized carbons (Fsp3) is 0.0667. The second-order valence-corrected chi connectivity index (χ2v) is 7.48. The molecule has 1 aromatic carbocycles. The van der Waals surface area contributed by atoms with E-state index < -0.39 is 11.2 Å². The smallest absolute Gasteiger partial charge is 0.324 e. The number of carbonyl (C=O) groups excluding carboxylic acids is 1. The topological polar surface area (TPSA) is 119 Å². The minimum absolute atomic E-state index is 0.0227. The third-order valence-corrected chi connectivity index (χ3v) is 5.93. The van der Waals surface area contributed by atoms with Gasteiger partial charge in [0.25, 0.3) is 5.56 Å². The highest BCUT2D eigenvalue weighted by atomic mass is 35.5. The maximum Gasteiger partial charge on any atom is 0.326 e. The van der Waals surface area contributed by atoms with Gasteiger partial charge in [-0.25, -0.2) is 4.79 Å². The van der Waals surface area contributed by atoms with Crippen LogP contribution in [0.2, 0.25) is 5.02 Å². The van der Waals surface area contributed by atoms with Crippen molar-refractivity contribution < 1.29 is 4.79 Å². The lowest BCUT2D eigenvalue weighted by molar-refractivity contribution is -0.113. The molecule has 0 fully saturated rings. The predicted molar refractivity (Wildman–Crippen MR) is 98.6 cm³/mol. The average Bonchev–Trinajstić information content (AvgIpc) is 2.93. The fourth-order valence-electron chi connectivity index (χ4n) is 2.08. The zero-order valence-corrected chi connectivity index (χ0v) is 14.8. The molecule has 0 aliphatic carbocycles. The number of anilines is 1. The van der Waals surface area contributed by atoms with E-state index in [4.69, 9.17) is 11.6 Å². The van der Waals surface area contributed by atoms with Crippen molar-refractivity contribution in [3.05, 3.63) is 55.7 Å². The summed E-state index contributed by atoms with van der Waals surface area (Å²) in [6, 6.07) is 8.80. The van der Waals surface area contributed by atoms with Gasteiger partial charge >= 0.3 is 5.69 Å². The zero-order chi connectivity index (χ0) is 18.0. The van der Waals surface area contributed by atoms with Crippen LogP contribution in [0.3, 0.4) is 0 Å². The van der Waals surface area contributed by atoms with Crippen molar-refractivity contribution in [2.45, 2.75) is 4.21 Å². The third-order valence-electron chi connectivity index (χ3n) is 3.14. The maximum absolute atomic E-state index is 12.1. The van der Waals surface area contributed by atoms with Crippen LogP contribution in [0, 0.1) is 11.3 Å². The van der Waals surface area contributed by atoms with Crippen molar-refractivity contribution in [3.63, 3.8) is 0 Å². The Labute approximate surface area is 153 Å². The number of thioether (sulfide) groups is 1. The summed E-state index contributed by atoms with van der Waals surface area (Å²) in [6.07, 6.45) is 0. The molecule has 0 bridgehead atoms. The first-order valence-electron chi connectivity index (χ1n) is 6.86. The highest BCUT2D eigenvalue weighted by Gasteiger charge is 2.17. The Morgan fingerprint density at radius 1 is 1.32 bits per heavy atom. The van der Waals surface area contributed by atoms with Crippen molar-refractivity contribution in [1.29, 1.82) is 5.26 Å². The van der Waals surface area contributed by atoms with Gasteiger partial charge in [0, 0.05) is 0 Å². The number of amides is 1. The molecule has 126 valence electrons. The molecule has 2 heterocycles. The summed E-state index contributed by atoms with van der Waals surface area (Å²) in [4.78, 5) is 39.8. The van der Waals surface area contributed by atoms with E-state index in [-0.39, 0.29) is 27.4 Å². The summed E-state index contributed by atoms with van der Waals surface area (Å²) >= 11 is 8.15. The van der Waals surface area contributed by atoms with Crippen LogP contribution in [0.4, 0.5) is 5.69 Å². The molecule has 7 nitrogen and oxygen atoms in total. The van der Waals surface area contributed by atoms with Crippen LogP contribution in [0.1, 0.15) is 5.56 Å². The van der Waals surface area contributed by atoms with Crippen LogP contribution < -0.4 is 16.6 Å². The van der Waals surface area contributed by atoms with Gasteiger partial charge in [-0.05, 0) is 12.1 Å². The Hall–Kier alpha value is -2.54. The number of halogens is 1. The number of nitrogens with one attached hydrogen (secondary N) is 3. The maximum atomic E-state index is 12.1. The van der Waals surface area contributed by atoms with E-state index in [9.17, 15) is 19.6 Å². The van der Waals surface area contributed by atoms with Gasteiger partial charge in [0.1, 0.15) is 16.3 Å². The monoisotopic (exact) mass is 392 g/mol. The second-order valence-electron chi connectivity index (χ2n) is 4.81. The van der Waals surface area contributed by atoms with Crippen molar-refractivity contribution in [2.75, 3.05) is 11.1 Å². The lowest BCUT2D eigenvalue weighted by Crippen LogP contribution is -2.20. The molecule has 0 aliphatic heterocycles. The molecule has 0 spiro atoms. The molecule has 0 aliphatic rings. The number of H-pyrrole nitrogens is 2. The molecule has 3 N–H and O–H groups in total. The van der Waals surface area contributed by atoms with Crippen LogP contribution in [0.5, 0.6) is 0 Å². The van der Waals surface area contributed by atoms with Gasteiger partial charge in [-0.15, -0.1) is 23.1 Å². The summed E-state index contributed by atoms with van der Waals surface area (Å²) in [5, 5.41) is 12.4. The van der Waals surface area contributed by atoms with Crippen LogP contribution in [-0.2, 0) is 4.79 Å². The highest BCUT2D eigenvalue weighted by Crippen LogP contribution is 2.34. The van der Waals surface area contributed by atoms with Crippen molar-refractivity contribution >= 4 is 56.5 Å². The first kappa shape index (κ1) is 17.3. The molecule has 25 heavy (non-hydrogen) atoms. The fourth-order valence-corrected chi connectivity index (χ4v) is 4.38. The molecule has 3 aromatic rings. The van der Waals surface area contributed by atoms with Gasteiger partial charge in [0.05, 0.1) is 26.2 Å². The number of nitriles is 1. The summed E-state index contributed by atoms with van der Waals surface area (Å²) in [5.41, 5.74) is -0.381. The van der Waals surface area contributed by atoms with Gasteiger partial charge in [0.2, 0.25) is 5.91 Å². The zero-order valence-electron chi connectivity index (χ0n) is 12.4. The molecule has 0 saturated heterocycles. The number of aromatic nitrogens is 2. The number of thiophene rings is 1. The Kier molecular flexibility index (Phi) is 4.94. The van der Waals surface area contributed by atoms with Crippen molar-refractivity contribution in [2.24, 2.45) is 0 Å². The Bertz CT molecular complexity index is 1130. The van der Waals surface area contributed by atoms with E-state index in [1.807, 2.05) is 6.07 Å². The Morgan fingerprint density at radius 2 is 2.08 bits per heavy atom. The van der Waals surface area contributed by atoms with E-state index in [0.29, 0.717) is 14.9 Å². The number of para-hydroxylation sites is 1. The van der Waals surface area contributed by atoms with Gasteiger partial charge < -0.3 is 10.3 Å². The van der Waals surface area contributed by atoms with E-state index >= 15 is 0 Å². The van der Waals surface area contributed by atoms with Gasteiger partial charge in [-0.2, -0.15) is 5.26 Å². The summed E-state index contributed by atoms with van der Waals surface area (Å²) in [5.74, 6) is -0.281. The number of carbonyl (C=O) groups is 1. The van der Waals surface area contributed by atoms with Gasteiger partial charge in [-0.3, -0.25) is 14.6 Å². The van der Waals surface area contributed by atoms with Crippen LogP contribution >= 0.6 is 34.7 Å². The molecular weight excluding hydrogens is 384 g/mol. The Morgan fingerprint density at radius 3 is 2.80 bits per heavy atom. The van der Waals surface area contributed by atoms with Gasteiger partial charge in [-0.1, -0.05) is 23.7 Å². The molecule has 0 atom stereocenters. The normalized spacial score (nSPS) is 10.6. The van der Waals surface area contributed by atoms with Crippen molar-refractivity contribution in [1.82, 2.24) is 9.97 Å². The average molecular weight is 393 g/mol. The number of benzene rings is 1. The molecule has 0 radical (unpaired) electrons. The first-order chi connectivity index (χ1) is 12.0. The number of rotatable bonds is 4. The predicted octanol–water partition coefficient (Wildman–Crippen LogP) is 2.53. The van der Waals surface area contributed by atoms with E-state index in [1.165, 1.54) is 0 Å². The first-order valence-corrected chi connectivity index (χ1v) is 9.04. The highest BCUT2D eigenvalue weighted by molar-refractivity contribution is 8.02. The molecule has 1 amide bonds. The summed E-state index contributed by atoms with van der Waals surface area (Å²) in [6.45, 7) is 0. The minimum Gasteiger partial charge on any atom is -0.324 e. The van der Waals surface area contributed by atoms with Crippen LogP contribution in [0.15, 0.2) is 38.1 Å². The van der Waals surface area contributed by atoms with Crippen LogP contribution in [-0.4, -0.2) is 21.6 Å². The molecule has 0 unspecified atom stereocenters. The minimum atomic E-state index is -0.681. The standard InChI is InChI=1S/C15H9ClN4O3S2/c16-8-3-1-2-4-9(8)18-10(21)6-24-14-7(5-17)11-12(25-14)13(22)20-15(23)19-11/h1-4H,6H2,(H,18,21)(H2,19,20,22,23). The molecule has 10 heteroatoms. The molecule has 0 saturated carbocycles. The number of hydrogen-bond donors (Lipinski definition) is 3. The molecule has 2 aromatic heterocycles. The number of fused-ring (bicyclic) bond motifs is 1. The lowest BCUT2D eigenvalue weighted by Gasteiger charge is -2.06. The van der Waals surface area contributed by atoms with E-state index in [0.717, 1.165) is 23.1 Å². The third kappa shape index (κ3) is 3.61. The molecular formula is C15H9ClN4O3S2. The number of hydrogen-bond acceptors (Lipinski definition) is 6. The van der Waals surface area contributed by atoms with Gasteiger partial charge in [0.15, 0.2) is 0 Å². The van der Waals surface area contributed by atoms with E-state index in [1.54, 1.807) is 24.3 Å². The quantitative estimate of drug-likeness (QED) is 0.589. The SMILES string of the molecule is N#Cc1c(SCC(=O)Nc2ccccc2Cl)sc2c(=O)[nH]c(=O)[nH]c12. The molecule has 3 rings (SSSR count). The van der Waals surface area contributed by atoms with E-state index in [2.05, 4.69) is 15.3 Å². The number of aromatic amines is 2. The van der Waals surface area contributed by atoms with Crippen LogP contribution in [0.25, 0.3) is 10.2 Å². The second kappa shape index (κ2) is 7.14. The largest absolute Gasteiger partial charge is 0.326 e. The Balaban J connectivity index is 1.82. The lowest BCUT2D eigenvalue weighted by atomic mass is 10.3. The number of nitrogens with zero attached hydrogens (tertiary/aromatic N) is 1. The summed E-state index contributed by atoms with van der Waals surface area (Å²) in [7, 11) is 0.